The fourth-order valence-electron chi connectivity index (χ4n) is 2.23. The quantitative estimate of drug-likeness (QED) is 0.480. The fraction of sp³-hybridized carbons (Fsp3) is 0. The van der Waals surface area contributed by atoms with Gasteiger partial charge in [0.2, 0.25) is 5.71 Å². The van der Waals surface area contributed by atoms with Gasteiger partial charge in [-0.3, -0.25) is 4.98 Å². The number of nitrogens with one attached hydrogen (secondary N) is 1. The second-order valence-corrected chi connectivity index (χ2v) is 3.85. The largest absolute Gasteiger partial charge is 0.440 e. The van der Waals surface area contributed by atoms with E-state index in [4.69, 9.17) is 4.42 Å². The van der Waals surface area contributed by atoms with Crippen LogP contribution in [0.1, 0.15) is 0 Å². The first-order valence-corrected chi connectivity index (χ1v) is 5.16. The number of H-pyrrole nitrogens is 1. The summed E-state index contributed by atoms with van der Waals surface area (Å²) in [5, 5.41) is 3.37. The molecule has 4 rings (SSSR count). The van der Waals surface area contributed by atoms with Gasteiger partial charge in [0.1, 0.15) is 5.58 Å². The average molecular weight is 208 g/mol. The molecule has 1 N–H and O–H groups in total. The molecule has 0 radical (unpaired) electrons. The van der Waals surface area contributed by atoms with Crippen LogP contribution in [-0.4, -0.2) is 9.97 Å². The lowest BCUT2D eigenvalue weighted by Gasteiger charge is -1.89. The molecule has 0 saturated carbocycles. The first kappa shape index (κ1) is 7.93. The van der Waals surface area contributed by atoms with Crippen LogP contribution < -0.4 is 0 Å². The van der Waals surface area contributed by atoms with Gasteiger partial charge in [-0.05, 0) is 12.1 Å². The Labute approximate surface area is 90.7 Å². The standard InChI is InChI=1S/C13H8N2O/c1-2-4-11-8(3-1)12-9-7-14-6-5-10(9)15-13(12)16-11/h1-7,15H. The molecule has 1 aromatic carbocycles. The number of furan rings is 1. The van der Waals surface area contributed by atoms with Gasteiger partial charge in [-0.2, -0.15) is 0 Å². The van der Waals surface area contributed by atoms with E-state index in [2.05, 4.69) is 16.0 Å². The molecule has 0 amide bonds. The minimum Gasteiger partial charge on any atom is -0.440 e. The summed E-state index contributed by atoms with van der Waals surface area (Å²) >= 11 is 0. The van der Waals surface area contributed by atoms with Crippen molar-refractivity contribution in [1.29, 1.82) is 0 Å². The number of nitrogens with zero attached hydrogens (tertiary/aromatic N) is 1. The highest BCUT2D eigenvalue weighted by Crippen LogP contribution is 2.33. The molecule has 0 aliphatic rings. The van der Waals surface area contributed by atoms with E-state index in [9.17, 15) is 0 Å². The summed E-state index contributed by atoms with van der Waals surface area (Å²) in [6, 6.07) is 10.0. The molecule has 76 valence electrons. The van der Waals surface area contributed by atoms with Gasteiger partial charge in [0.05, 0.1) is 10.9 Å². The van der Waals surface area contributed by atoms with Gasteiger partial charge in [0.25, 0.3) is 0 Å². The first-order valence-electron chi connectivity index (χ1n) is 5.16. The molecule has 0 aliphatic heterocycles. The van der Waals surface area contributed by atoms with E-state index < -0.39 is 0 Å². The second kappa shape index (κ2) is 2.64. The van der Waals surface area contributed by atoms with E-state index in [1.807, 2.05) is 30.5 Å². The average Bonchev–Trinajstić information content (AvgIpc) is 2.83. The molecule has 3 nitrogen and oxygen atoms in total. The third-order valence-electron chi connectivity index (χ3n) is 2.93. The lowest BCUT2D eigenvalue weighted by molar-refractivity contribution is 0.657. The van der Waals surface area contributed by atoms with E-state index in [0.717, 1.165) is 33.0 Å². The molecular formula is C13H8N2O. The van der Waals surface area contributed by atoms with E-state index in [-0.39, 0.29) is 0 Å². The molecule has 0 spiro atoms. The van der Waals surface area contributed by atoms with E-state index >= 15 is 0 Å². The highest BCUT2D eigenvalue weighted by atomic mass is 16.3. The van der Waals surface area contributed by atoms with Gasteiger partial charge in [-0.25, -0.2) is 0 Å². The molecule has 16 heavy (non-hydrogen) atoms. The third-order valence-corrected chi connectivity index (χ3v) is 2.93. The SMILES string of the molecule is c1ccc2c(c1)oc1[nH]c3ccncc3c12. The molecule has 0 saturated heterocycles. The Hall–Kier alpha value is -2.29. The molecule has 0 atom stereocenters. The van der Waals surface area contributed by atoms with Crippen molar-refractivity contribution < 1.29 is 4.42 Å². The summed E-state index contributed by atoms with van der Waals surface area (Å²) in [6.45, 7) is 0. The minimum absolute atomic E-state index is 0.823. The Bertz CT molecular complexity index is 745. The van der Waals surface area contributed by atoms with Crippen LogP contribution in [0.15, 0.2) is 47.1 Å². The summed E-state index contributed by atoms with van der Waals surface area (Å²) < 4.78 is 5.75. The zero-order valence-corrected chi connectivity index (χ0v) is 8.40. The van der Waals surface area contributed by atoms with Gasteiger partial charge < -0.3 is 9.40 Å². The van der Waals surface area contributed by atoms with Crippen LogP contribution in [0.2, 0.25) is 0 Å². The molecule has 4 aromatic rings. The van der Waals surface area contributed by atoms with Crippen molar-refractivity contribution in [2.75, 3.05) is 0 Å². The molecular weight excluding hydrogens is 200 g/mol. The maximum absolute atomic E-state index is 5.75. The molecule has 0 unspecified atom stereocenters. The Kier molecular flexibility index (Phi) is 1.31. The number of fused-ring (bicyclic) bond motifs is 5. The van der Waals surface area contributed by atoms with Gasteiger partial charge in [0.15, 0.2) is 0 Å². The van der Waals surface area contributed by atoms with Crippen LogP contribution in [0.4, 0.5) is 0 Å². The maximum Gasteiger partial charge on any atom is 0.206 e. The van der Waals surface area contributed by atoms with Crippen molar-refractivity contribution in [2.45, 2.75) is 0 Å². The summed E-state index contributed by atoms with van der Waals surface area (Å²) in [6.07, 6.45) is 3.65. The summed E-state index contributed by atoms with van der Waals surface area (Å²) in [7, 11) is 0. The molecule has 0 aliphatic carbocycles. The Balaban J connectivity index is 2.38. The third kappa shape index (κ3) is 0.852. The normalized spacial score (nSPS) is 11.8. The van der Waals surface area contributed by atoms with E-state index in [1.165, 1.54) is 0 Å². The zero-order valence-electron chi connectivity index (χ0n) is 8.40. The lowest BCUT2D eigenvalue weighted by Crippen LogP contribution is -1.70. The number of rotatable bonds is 0. The van der Waals surface area contributed by atoms with Crippen molar-refractivity contribution >= 4 is 33.0 Å². The predicted octanol–water partition coefficient (Wildman–Crippen LogP) is 3.46. The number of benzene rings is 1. The van der Waals surface area contributed by atoms with Crippen LogP contribution in [0, 0.1) is 0 Å². The number of aromatic amines is 1. The van der Waals surface area contributed by atoms with Crippen LogP contribution in [0.25, 0.3) is 33.0 Å². The minimum atomic E-state index is 0.823. The van der Waals surface area contributed by atoms with Crippen molar-refractivity contribution in [3.8, 4) is 0 Å². The molecule has 3 heteroatoms. The monoisotopic (exact) mass is 208 g/mol. The van der Waals surface area contributed by atoms with Gasteiger partial charge in [-0.15, -0.1) is 0 Å². The van der Waals surface area contributed by atoms with Crippen molar-refractivity contribution in [3.05, 3.63) is 42.7 Å². The van der Waals surface area contributed by atoms with Gasteiger partial charge >= 0.3 is 0 Å². The van der Waals surface area contributed by atoms with E-state index in [0.29, 0.717) is 0 Å². The summed E-state index contributed by atoms with van der Waals surface area (Å²) in [5.41, 5.74) is 2.80. The second-order valence-electron chi connectivity index (χ2n) is 3.85. The van der Waals surface area contributed by atoms with Gasteiger partial charge in [0, 0.05) is 23.2 Å². The predicted molar refractivity (Wildman–Crippen MR) is 63.4 cm³/mol. The van der Waals surface area contributed by atoms with Crippen LogP contribution in [0.3, 0.4) is 0 Å². The van der Waals surface area contributed by atoms with Crippen molar-refractivity contribution in [1.82, 2.24) is 9.97 Å². The maximum atomic E-state index is 5.75. The summed E-state index contributed by atoms with van der Waals surface area (Å²) in [5.74, 6) is 0. The number of hydrogen-bond acceptors (Lipinski definition) is 2. The Morgan fingerprint density at radius 1 is 1.06 bits per heavy atom. The molecule has 3 aromatic heterocycles. The van der Waals surface area contributed by atoms with Crippen molar-refractivity contribution in [3.63, 3.8) is 0 Å². The molecule has 3 heterocycles. The highest BCUT2D eigenvalue weighted by Gasteiger charge is 2.11. The van der Waals surface area contributed by atoms with E-state index in [1.54, 1.807) is 6.20 Å². The van der Waals surface area contributed by atoms with Crippen molar-refractivity contribution in [2.24, 2.45) is 0 Å². The van der Waals surface area contributed by atoms with Gasteiger partial charge in [-0.1, -0.05) is 18.2 Å². The number of para-hydroxylation sites is 1. The van der Waals surface area contributed by atoms with Crippen LogP contribution >= 0.6 is 0 Å². The number of pyridine rings is 1. The fourth-order valence-corrected chi connectivity index (χ4v) is 2.23. The van der Waals surface area contributed by atoms with Crippen LogP contribution in [-0.2, 0) is 0 Å². The molecule has 0 fully saturated rings. The summed E-state index contributed by atoms with van der Waals surface area (Å²) in [4.78, 5) is 7.42. The highest BCUT2D eigenvalue weighted by molar-refractivity contribution is 6.18. The first-order chi connectivity index (χ1) is 7.93. The number of aromatic nitrogens is 2. The van der Waals surface area contributed by atoms with Crippen LogP contribution in [0.5, 0.6) is 0 Å². The topological polar surface area (TPSA) is 41.8 Å². The number of hydrogen-bond donors (Lipinski definition) is 1. The lowest BCUT2D eigenvalue weighted by atomic mass is 10.1. The smallest absolute Gasteiger partial charge is 0.206 e. The zero-order chi connectivity index (χ0) is 10.5. The Morgan fingerprint density at radius 3 is 3.00 bits per heavy atom. The molecule has 0 bridgehead atoms. The Morgan fingerprint density at radius 2 is 2.00 bits per heavy atom.